The molecule has 1 aromatic carbocycles. The summed E-state index contributed by atoms with van der Waals surface area (Å²) in [6.07, 6.45) is 0.714. The van der Waals surface area contributed by atoms with E-state index >= 15 is 0 Å². The predicted octanol–water partition coefficient (Wildman–Crippen LogP) is 3.85. The summed E-state index contributed by atoms with van der Waals surface area (Å²) >= 11 is 6.32. The van der Waals surface area contributed by atoms with E-state index in [1.807, 2.05) is 63.2 Å². The van der Waals surface area contributed by atoms with Gasteiger partial charge in [-0.15, -0.1) is 0 Å². The molecular formula is C21H26ClN5O. The predicted molar refractivity (Wildman–Crippen MR) is 111 cm³/mol. The fraction of sp³-hybridized carbons (Fsp3) is 0.381. The molecule has 3 rings (SSSR count). The maximum atomic E-state index is 12.9. The number of nitrogens with zero attached hydrogens (tertiary/aromatic N) is 4. The molecule has 0 unspecified atom stereocenters. The maximum Gasteiger partial charge on any atom is 0.253 e. The van der Waals surface area contributed by atoms with Crippen molar-refractivity contribution in [2.45, 2.75) is 47.1 Å². The molecule has 0 fully saturated rings. The van der Waals surface area contributed by atoms with E-state index in [9.17, 15) is 4.79 Å². The summed E-state index contributed by atoms with van der Waals surface area (Å²) in [7, 11) is 1.93. The zero-order chi connectivity index (χ0) is 20.6. The van der Waals surface area contributed by atoms with Gasteiger partial charge in [-0.05, 0) is 70.9 Å². The van der Waals surface area contributed by atoms with Crippen LogP contribution >= 0.6 is 11.6 Å². The topological polar surface area (TPSA) is 64.7 Å². The lowest BCUT2D eigenvalue weighted by molar-refractivity contribution is 0.0940. The number of halogens is 1. The fourth-order valence-corrected chi connectivity index (χ4v) is 3.68. The maximum absolute atomic E-state index is 12.9. The van der Waals surface area contributed by atoms with Gasteiger partial charge in [-0.1, -0.05) is 11.6 Å². The van der Waals surface area contributed by atoms with Crippen molar-refractivity contribution in [3.63, 3.8) is 0 Å². The highest BCUT2D eigenvalue weighted by atomic mass is 35.5. The molecule has 0 aliphatic heterocycles. The van der Waals surface area contributed by atoms with Gasteiger partial charge >= 0.3 is 0 Å². The van der Waals surface area contributed by atoms with Crippen molar-refractivity contribution >= 4 is 17.5 Å². The number of aromatic nitrogens is 4. The van der Waals surface area contributed by atoms with E-state index in [2.05, 4.69) is 15.5 Å². The van der Waals surface area contributed by atoms with E-state index in [4.69, 9.17) is 11.6 Å². The number of hydrogen-bond donors (Lipinski definition) is 1. The summed E-state index contributed by atoms with van der Waals surface area (Å²) in [4.78, 5) is 12.9. The lowest BCUT2D eigenvalue weighted by atomic mass is 10.0. The van der Waals surface area contributed by atoms with Crippen LogP contribution in [0.4, 0.5) is 0 Å². The Kier molecular flexibility index (Phi) is 5.61. The smallest absolute Gasteiger partial charge is 0.253 e. The molecule has 2 heterocycles. The molecule has 148 valence electrons. The number of hydrogen-bond acceptors (Lipinski definition) is 3. The van der Waals surface area contributed by atoms with Crippen molar-refractivity contribution in [1.82, 2.24) is 24.9 Å². The summed E-state index contributed by atoms with van der Waals surface area (Å²) in [6.45, 7) is 9.94. The first kappa shape index (κ1) is 20.1. The molecule has 0 saturated carbocycles. The number of aryl methyl sites for hydroxylation is 4. The number of carbonyl (C=O) groups is 1. The molecule has 2 aromatic heterocycles. The lowest BCUT2D eigenvalue weighted by Gasteiger charge is -2.16. The Morgan fingerprint density at radius 2 is 1.89 bits per heavy atom. The van der Waals surface area contributed by atoms with Crippen LogP contribution in [0.1, 0.15) is 45.6 Å². The zero-order valence-corrected chi connectivity index (χ0v) is 17.9. The molecule has 1 atom stereocenters. The molecule has 6 nitrogen and oxygen atoms in total. The lowest BCUT2D eigenvalue weighted by Crippen LogP contribution is -2.34. The Labute approximate surface area is 170 Å². The molecule has 0 aliphatic rings. The van der Waals surface area contributed by atoms with Crippen molar-refractivity contribution in [3.8, 4) is 5.69 Å². The first-order valence-electron chi connectivity index (χ1n) is 9.30. The molecule has 3 aromatic rings. The van der Waals surface area contributed by atoms with Gasteiger partial charge in [-0.25, -0.2) is 4.68 Å². The number of amides is 1. The molecule has 1 amide bonds. The van der Waals surface area contributed by atoms with E-state index in [0.29, 0.717) is 17.0 Å². The van der Waals surface area contributed by atoms with Gasteiger partial charge < -0.3 is 5.32 Å². The Morgan fingerprint density at radius 1 is 1.18 bits per heavy atom. The van der Waals surface area contributed by atoms with Crippen LogP contribution in [0.25, 0.3) is 5.69 Å². The van der Waals surface area contributed by atoms with Crippen molar-refractivity contribution in [2.75, 3.05) is 0 Å². The second-order valence-electron chi connectivity index (χ2n) is 7.35. The fourth-order valence-electron chi connectivity index (χ4n) is 3.48. The summed E-state index contributed by atoms with van der Waals surface area (Å²) in [5, 5.41) is 12.4. The van der Waals surface area contributed by atoms with Crippen LogP contribution < -0.4 is 5.32 Å². The Bertz CT molecular complexity index is 1030. The SMILES string of the molecule is Cc1cc(C)n(-c2ccc(Cl)c(C(=O)N[C@H](C)Cc3c(C)nn(C)c3C)c2)n1. The van der Waals surface area contributed by atoms with E-state index in [-0.39, 0.29) is 11.9 Å². The second kappa shape index (κ2) is 7.80. The third-order valence-electron chi connectivity index (χ3n) is 5.00. The average molecular weight is 400 g/mol. The van der Waals surface area contributed by atoms with Crippen LogP contribution in [0.2, 0.25) is 5.02 Å². The number of carbonyl (C=O) groups excluding carboxylic acids is 1. The molecule has 0 bridgehead atoms. The van der Waals surface area contributed by atoms with Gasteiger partial charge in [-0.2, -0.15) is 10.2 Å². The molecule has 0 saturated heterocycles. The average Bonchev–Trinajstić information content (AvgIpc) is 3.08. The number of rotatable bonds is 5. The number of benzene rings is 1. The van der Waals surface area contributed by atoms with E-state index < -0.39 is 0 Å². The first-order valence-corrected chi connectivity index (χ1v) is 9.68. The quantitative estimate of drug-likeness (QED) is 0.708. The van der Waals surface area contributed by atoms with E-state index in [1.165, 1.54) is 0 Å². The monoisotopic (exact) mass is 399 g/mol. The second-order valence-corrected chi connectivity index (χ2v) is 7.76. The molecule has 7 heteroatoms. The van der Waals surface area contributed by atoms with Gasteiger partial charge in [0, 0.05) is 24.5 Å². The summed E-state index contributed by atoms with van der Waals surface area (Å²) in [5.41, 5.74) is 6.45. The van der Waals surface area contributed by atoms with Crippen LogP contribution in [0.15, 0.2) is 24.3 Å². The Morgan fingerprint density at radius 3 is 2.46 bits per heavy atom. The van der Waals surface area contributed by atoms with E-state index in [0.717, 1.165) is 34.0 Å². The summed E-state index contributed by atoms with van der Waals surface area (Å²) in [5.74, 6) is -0.194. The van der Waals surface area contributed by atoms with Gasteiger partial charge in [0.15, 0.2) is 0 Å². The Balaban J connectivity index is 1.80. The number of nitrogens with one attached hydrogen (secondary N) is 1. The Hall–Kier alpha value is -2.60. The molecule has 0 aliphatic carbocycles. The molecule has 0 radical (unpaired) electrons. The highest BCUT2D eigenvalue weighted by Gasteiger charge is 2.18. The molecular weight excluding hydrogens is 374 g/mol. The van der Waals surface area contributed by atoms with Gasteiger partial charge in [0.05, 0.1) is 27.7 Å². The third kappa shape index (κ3) is 3.97. The van der Waals surface area contributed by atoms with Gasteiger partial charge in [0.1, 0.15) is 0 Å². The zero-order valence-electron chi connectivity index (χ0n) is 17.2. The molecule has 1 N–H and O–H groups in total. The van der Waals surface area contributed by atoms with Crippen LogP contribution in [-0.4, -0.2) is 31.5 Å². The summed E-state index contributed by atoms with van der Waals surface area (Å²) < 4.78 is 3.68. The minimum Gasteiger partial charge on any atom is -0.349 e. The minimum atomic E-state index is -0.194. The van der Waals surface area contributed by atoms with Crippen LogP contribution in [-0.2, 0) is 13.5 Å². The molecule has 0 spiro atoms. The van der Waals surface area contributed by atoms with Crippen LogP contribution in [0, 0.1) is 27.7 Å². The van der Waals surface area contributed by atoms with Crippen LogP contribution in [0.5, 0.6) is 0 Å². The van der Waals surface area contributed by atoms with Crippen molar-refractivity contribution in [1.29, 1.82) is 0 Å². The van der Waals surface area contributed by atoms with Crippen LogP contribution in [0.3, 0.4) is 0 Å². The summed E-state index contributed by atoms with van der Waals surface area (Å²) in [6, 6.07) is 7.33. The largest absolute Gasteiger partial charge is 0.349 e. The van der Waals surface area contributed by atoms with Crippen molar-refractivity contribution in [3.05, 3.63) is 63.2 Å². The molecule has 28 heavy (non-hydrogen) atoms. The third-order valence-corrected chi connectivity index (χ3v) is 5.33. The highest BCUT2D eigenvalue weighted by molar-refractivity contribution is 6.33. The van der Waals surface area contributed by atoms with Gasteiger partial charge in [0.25, 0.3) is 5.91 Å². The first-order chi connectivity index (χ1) is 13.2. The van der Waals surface area contributed by atoms with Gasteiger partial charge in [-0.3, -0.25) is 9.48 Å². The minimum absolute atomic E-state index is 0.0532. The van der Waals surface area contributed by atoms with E-state index in [1.54, 1.807) is 12.1 Å². The standard InChI is InChI=1S/C21H26ClN5O/c1-12(10-18-15(4)25-26(6)16(18)5)23-21(28)19-11-17(7-8-20(19)22)27-14(3)9-13(2)24-27/h7-9,11-12H,10H2,1-6H3,(H,23,28)/t12-/m1/s1. The van der Waals surface area contributed by atoms with Crippen molar-refractivity contribution < 1.29 is 4.79 Å². The highest BCUT2D eigenvalue weighted by Crippen LogP contribution is 2.22. The van der Waals surface area contributed by atoms with Crippen molar-refractivity contribution in [2.24, 2.45) is 7.05 Å². The normalized spacial score (nSPS) is 12.2. The van der Waals surface area contributed by atoms with Gasteiger partial charge in [0.2, 0.25) is 0 Å².